The number of hydrogen-bond donors (Lipinski definition) is 1. The van der Waals surface area contributed by atoms with Crippen LogP contribution in [0.5, 0.6) is 0 Å². The van der Waals surface area contributed by atoms with Crippen molar-refractivity contribution in [2.75, 3.05) is 0 Å². The van der Waals surface area contributed by atoms with Gasteiger partial charge in [-0.25, -0.2) is 4.98 Å². The Kier molecular flexibility index (Phi) is 3.10. The largest absolute Gasteiger partial charge is 0.342 e. The van der Waals surface area contributed by atoms with Gasteiger partial charge in [-0.15, -0.1) is 0 Å². The Hall–Kier alpha value is -1.55. The monoisotopic (exact) mass is 231 g/mol. The Morgan fingerprint density at radius 3 is 2.81 bits per heavy atom. The second-order valence-electron chi connectivity index (χ2n) is 3.56. The first-order valence-corrected chi connectivity index (χ1v) is 5.64. The van der Waals surface area contributed by atoms with E-state index < -0.39 is 0 Å². The molecule has 0 amide bonds. The molecule has 0 aliphatic rings. The van der Waals surface area contributed by atoms with Gasteiger partial charge in [-0.05, 0) is 19.1 Å². The lowest BCUT2D eigenvalue weighted by molar-refractivity contribution is 0.923. The number of aryl methyl sites for hydroxylation is 1. The fourth-order valence-electron chi connectivity index (χ4n) is 1.51. The van der Waals surface area contributed by atoms with Gasteiger partial charge in [-0.3, -0.25) is 4.98 Å². The Bertz CT molecular complexity index is 546. The lowest BCUT2D eigenvalue weighted by Gasteiger charge is -2.07. The number of H-pyrrole nitrogens is 1. The van der Waals surface area contributed by atoms with E-state index in [2.05, 4.69) is 15.0 Å². The molecule has 0 radical (unpaired) electrons. The van der Waals surface area contributed by atoms with Gasteiger partial charge >= 0.3 is 0 Å². The summed E-state index contributed by atoms with van der Waals surface area (Å²) in [7, 11) is 0. The standard InChI is InChI=1S/C12H13N3S/c1-3-10-14-11(8(2)12(16)15-10)9-6-4-5-7-13-9/h4-7H,3H2,1-2H3,(H,14,15,16). The van der Waals surface area contributed by atoms with Crippen LogP contribution in [-0.2, 0) is 6.42 Å². The highest BCUT2D eigenvalue weighted by molar-refractivity contribution is 7.71. The number of hydrogen-bond acceptors (Lipinski definition) is 3. The second-order valence-corrected chi connectivity index (χ2v) is 3.94. The molecule has 2 aromatic heterocycles. The van der Waals surface area contributed by atoms with Crippen LogP contribution in [-0.4, -0.2) is 15.0 Å². The van der Waals surface area contributed by atoms with Crippen molar-refractivity contribution in [3.63, 3.8) is 0 Å². The van der Waals surface area contributed by atoms with Gasteiger partial charge in [-0.1, -0.05) is 25.2 Å². The van der Waals surface area contributed by atoms with E-state index >= 15 is 0 Å². The average molecular weight is 231 g/mol. The fraction of sp³-hybridized carbons (Fsp3) is 0.250. The molecule has 0 saturated heterocycles. The SMILES string of the molecule is CCc1nc(=S)c(C)c(-c2ccccn2)[nH]1. The van der Waals surface area contributed by atoms with Crippen LogP contribution < -0.4 is 0 Å². The van der Waals surface area contributed by atoms with E-state index in [0.29, 0.717) is 4.64 Å². The predicted octanol–water partition coefficient (Wildman–Crippen LogP) is 3.07. The summed E-state index contributed by atoms with van der Waals surface area (Å²) < 4.78 is 0.649. The molecule has 3 nitrogen and oxygen atoms in total. The van der Waals surface area contributed by atoms with Crippen molar-refractivity contribution in [3.05, 3.63) is 40.4 Å². The van der Waals surface area contributed by atoms with E-state index in [0.717, 1.165) is 29.2 Å². The lowest BCUT2D eigenvalue weighted by Crippen LogP contribution is -2.00. The van der Waals surface area contributed by atoms with Crippen LogP contribution >= 0.6 is 12.2 Å². The van der Waals surface area contributed by atoms with Crippen LogP contribution in [0, 0.1) is 11.6 Å². The quantitative estimate of drug-likeness (QED) is 0.808. The second kappa shape index (κ2) is 4.53. The number of pyridine rings is 1. The molecule has 0 fully saturated rings. The molecule has 0 aromatic carbocycles. The van der Waals surface area contributed by atoms with Crippen LogP contribution in [0.4, 0.5) is 0 Å². The summed E-state index contributed by atoms with van der Waals surface area (Å²) in [4.78, 5) is 11.9. The number of aromatic amines is 1. The smallest absolute Gasteiger partial charge is 0.133 e. The predicted molar refractivity (Wildman–Crippen MR) is 66.8 cm³/mol. The maximum Gasteiger partial charge on any atom is 0.133 e. The zero-order chi connectivity index (χ0) is 11.5. The van der Waals surface area contributed by atoms with E-state index in [9.17, 15) is 0 Å². The number of aromatic nitrogens is 3. The van der Waals surface area contributed by atoms with Gasteiger partial charge in [0, 0.05) is 18.2 Å². The first-order chi connectivity index (χ1) is 7.72. The van der Waals surface area contributed by atoms with E-state index in [4.69, 9.17) is 12.2 Å². The summed E-state index contributed by atoms with van der Waals surface area (Å²) in [5.41, 5.74) is 2.85. The average Bonchev–Trinajstić information content (AvgIpc) is 2.33. The number of nitrogens with one attached hydrogen (secondary N) is 1. The Morgan fingerprint density at radius 1 is 1.38 bits per heavy atom. The summed E-state index contributed by atoms with van der Waals surface area (Å²) in [6.45, 7) is 4.01. The van der Waals surface area contributed by atoms with Crippen molar-refractivity contribution in [2.24, 2.45) is 0 Å². The molecule has 2 aromatic rings. The zero-order valence-electron chi connectivity index (χ0n) is 9.32. The third-order valence-electron chi connectivity index (χ3n) is 2.46. The summed E-state index contributed by atoms with van der Waals surface area (Å²) >= 11 is 5.24. The van der Waals surface area contributed by atoms with Crippen molar-refractivity contribution < 1.29 is 0 Å². The Labute approximate surface area is 99.6 Å². The van der Waals surface area contributed by atoms with Crippen molar-refractivity contribution in [3.8, 4) is 11.4 Å². The highest BCUT2D eigenvalue weighted by Crippen LogP contribution is 2.18. The van der Waals surface area contributed by atoms with Gasteiger partial charge in [0.2, 0.25) is 0 Å². The molecule has 0 saturated carbocycles. The molecule has 4 heteroatoms. The van der Waals surface area contributed by atoms with Crippen LogP contribution in [0.1, 0.15) is 18.3 Å². The van der Waals surface area contributed by atoms with Gasteiger partial charge in [0.15, 0.2) is 0 Å². The molecule has 0 aliphatic heterocycles. The summed E-state index contributed by atoms with van der Waals surface area (Å²) in [5.74, 6) is 0.899. The maximum atomic E-state index is 5.24. The van der Waals surface area contributed by atoms with E-state index in [-0.39, 0.29) is 0 Å². The van der Waals surface area contributed by atoms with Crippen LogP contribution in [0.3, 0.4) is 0 Å². The molecule has 0 unspecified atom stereocenters. The summed E-state index contributed by atoms with van der Waals surface area (Å²) in [6, 6.07) is 5.83. The van der Waals surface area contributed by atoms with Crippen molar-refractivity contribution in [2.45, 2.75) is 20.3 Å². The number of nitrogens with zero attached hydrogens (tertiary/aromatic N) is 2. The van der Waals surface area contributed by atoms with E-state index in [1.165, 1.54) is 0 Å². The summed E-state index contributed by atoms with van der Waals surface area (Å²) in [5, 5.41) is 0. The highest BCUT2D eigenvalue weighted by Gasteiger charge is 2.06. The van der Waals surface area contributed by atoms with Crippen molar-refractivity contribution in [1.29, 1.82) is 0 Å². The number of rotatable bonds is 2. The lowest BCUT2D eigenvalue weighted by atomic mass is 10.2. The molecule has 0 bridgehead atoms. The zero-order valence-corrected chi connectivity index (χ0v) is 10.1. The van der Waals surface area contributed by atoms with Crippen molar-refractivity contribution >= 4 is 12.2 Å². The molecule has 0 aliphatic carbocycles. The topological polar surface area (TPSA) is 41.6 Å². The third-order valence-corrected chi connectivity index (χ3v) is 2.85. The van der Waals surface area contributed by atoms with Gasteiger partial charge < -0.3 is 4.98 Å². The van der Waals surface area contributed by atoms with Gasteiger partial charge in [0.25, 0.3) is 0 Å². The first-order valence-electron chi connectivity index (χ1n) is 5.23. The highest BCUT2D eigenvalue weighted by atomic mass is 32.1. The molecule has 16 heavy (non-hydrogen) atoms. The molecule has 82 valence electrons. The molecule has 0 spiro atoms. The van der Waals surface area contributed by atoms with Gasteiger partial charge in [0.05, 0.1) is 11.4 Å². The molecule has 2 rings (SSSR count). The molecular formula is C12H13N3S. The molecule has 2 heterocycles. The normalized spacial score (nSPS) is 10.4. The van der Waals surface area contributed by atoms with E-state index in [1.54, 1.807) is 6.20 Å². The minimum Gasteiger partial charge on any atom is -0.342 e. The fourth-order valence-corrected chi connectivity index (χ4v) is 1.73. The van der Waals surface area contributed by atoms with Gasteiger partial charge in [0.1, 0.15) is 10.5 Å². The Morgan fingerprint density at radius 2 is 2.19 bits per heavy atom. The molecular weight excluding hydrogens is 218 g/mol. The van der Waals surface area contributed by atoms with E-state index in [1.807, 2.05) is 32.0 Å². The van der Waals surface area contributed by atoms with Crippen LogP contribution in [0.15, 0.2) is 24.4 Å². The molecule has 0 atom stereocenters. The molecule has 1 N–H and O–H groups in total. The van der Waals surface area contributed by atoms with Crippen molar-refractivity contribution in [1.82, 2.24) is 15.0 Å². The summed E-state index contributed by atoms with van der Waals surface area (Å²) in [6.07, 6.45) is 2.61. The van der Waals surface area contributed by atoms with Crippen LogP contribution in [0.2, 0.25) is 0 Å². The van der Waals surface area contributed by atoms with Crippen LogP contribution in [0.25, 0.3) is 11.4 Å². The minimum absolute atomic E-state index is 0.649. The third kappa shape index (κ3) is 2.02. The van der Waals surface area contributed by atoms with Gasteiger partial charge in [-0.2, -0.15) is 0 Å². The minimum atomic E-state index is 0.649. The Balaban J connectivity index is 2.65. The first kappa shape index (κ1) is 11.0. The maximum absolute atomic E-state index is 5.24.